The van der Waals surface area contributed by atoms with Gasteiger partial charge in [-0.05, 0) is 67.6 Å². The quantitative estimate of drug-likeness (QED) is 0.247. The van der Waals surface area contributed by atoms with Gasteiger partial charge >= 0.3 is 0 Å². The monoisotopic (exact) mass is 447 g/mol. The van der Waals surface area contributed by atoms with Crippen LogP contribution in [0.25, 0.3) is 11.3 Å². The number of benzene rings is 1. The number of hydrogen-bond acceptors (Lipinski definition) is 1. The van der Waals surface area contributed by atoms with Crippen LogP contribution in [0, 0.1) is 5.92 Å². The van der Waals surface area contributed by atoms with Crippen molar-refractivity contribution in [3.8, 4) is 11.3 Å². The van der Waals surface area contributed by atoms with Crippen molar-refractivity contribution >= 4 is 0 Å². The van der Waals surface area contributed by atoms with Crippen molar-refractivity contribution in [2.75, 3.05) is 0 Å². The minimum atomic E-state index is 0.767. The summed E-state index contributed by atoms with van der Waals surface area (Å²) in [5.41, 5.74) is 5.29. The van der Waals surface area contributed by atoms with E-state index in [0.717, 1.165) is 17.5 Å². The van der Waals surface area contributed by atoms with Crippen LogP contribution < -0.4 is 0 Å². The first-order chi connectivity index (χ1) is 16.3. The number of hydrogen-bond donors (Lipinski definition) is 0. The third kappa shape index (κ3) is 9.26. The molecule has 1 aliphatic rings. The highest BCUT2D eigenvalue weighted by molar-refractivity contribution is 5.59. The van der Waals surface area contributed by atoms with Crippen molar-refractivity contribution in [1.29, 1.82) is 0 Å². The van der Waals surface area contributed by atoms with E-state index in [2.05, 4.69) is 56.4 Å². The summed E-state index contributed by atoms with van der Waals surface area (Å²) in [6, 6.07) is 13.8. The van der Waals surface area contributed by atoms with Crippen molar-refractivity contribution in [3.05, 3.63) is 53.7 Å². The minimum absolute atomic E-state index is 0.767. The molecule has 182 valence electrons. The van der Waals surface area contributed by atoms with E-state index in [1.807, 2.05) is 0 Å². The standard InChI is InChI=1S/C32H49N/c1-3-5-7-9-11-13-15-28-18-25-32(33-26-28)31-23-21-30(22-24-31)29-19-16-27(17-20-29)14-12-10-8-6-4-2/h18,21-27,29H,3-17,19-20H2,1-2H3. The number of aryl methyl sites for hydroxylation is 1. The fraction of sp³-hybridized carbons (Fsp3) is 0.656. The number of rotatable bonds is 15. The van der Waals surface area contributed by atoms with E-state index in [4.69, 9.17) is 4.98 Å². The number of aromatic nitrogens is 1. The predicted octanol–water partition coefficient (Wildman–Crippen LogP) is 10.3. The highest BCUT2D eigenvalue weighted by atomic mass is 14.7. The van der Waals surface area contributed by atoms with Crippen molar-refractivity contribution in [2.24, 2.45) is 5.92 Å². The zero-order valence-corrected chi connectivity index (χ0v) is 21.7. The molecule has 1 heteroatoms. The van der Waals surface area contributed by atoms with Crippen LogP contribution in [0.5, 0.6) is 0 Å². The summed E-state index contributed by atoms with van der Waals surface area (Å²) in [6.45, 7) is 4.58. The Balaban J connectivity index is 1.39. The molecular weight excluding hydrogens is 398 g/mol. The molecule has 1 fully saturated rings. The Labute approximate surface area is 204 Å². The fourth-order valence-corrected chi connectivity index (χ4v) is 5.60. The molecule has 1 nitrogen and oxygen atoms in total. The summed E-state index contributed by atoms with van der Waals surface area (Å²) >= 11 is 0. The Morgan fingerprint density at radius 1 is 0.667 bits per heavy atom. The van der Waals surface area contributed by atoms with Crippen LogP contribution in [0.3, 0.4) is 0 Å². The lowest BCUT2D eigenvalue weighted by molar-refractivity contribution is 0.302. The molecule has 3 rings (SSSR count). The third-order valence-corrected chi connectivity index (χ3v) is 7.88. The highest BCUT2D eigenvalue weighted by Gasteiger charge is 2.22. The zero-order valence-electron chi connectivity index (χ0n) is 21.7. The summed E-state index contributed by atoms with van der Waals surface area (Å²) in [7, 11) is 0. The normalized spacial score (nSPS) is 18.5. The van der Waals surface area contributed by atoms with E-state index >= 15 is 0 Å². The molecule has 0 saturated heterocycles. The molecule has 33 heavy (non-hydrogen) atoms. The van der Waals surface area contributed by atoms with Gasteiger partial charge < -0.3 is 0 Å². The molecule has 0 radical (unpaired) electrons. The molecule has 0 amide bonds. The number of pyridine rings is 1. The SMILES string of the molecule is CCCCCCCCc1ccc(-c2ccc(C3CCC(CCCCCCC)CC3)cc2)nc1. The van der Waals surface area contributed by atoms with Crippen LogP contribution in [0.15, 0.2) is 42.6 Å². The maximum absolute atomic E-state index is 4.78. The topological polar surface area (TPSA) is 12.9 Å². The van der Waals surface area contributed by atoms with Gasteiger partial charge in [-0.2, -0.15) is 0 Å². The van der Waals surface area contributed by atoms with Crippen LogP contribution in [-0.4, -0.2) is 4.98 Å². The van der Waals surface area contributed by atoms with E-state index in [1.54, 1.807) is 5.56 Å². The van der Waals surface area contributed by atoms with Gasteiger partial charge in [-0.3, -0.25) is 4.98 Å². The van der Waals surface area contributed by atoms with E-state index in [1.165, 1.54) is 120 Å². The van der Waals surface area contributed by atoms with Gasteiger partial charge in [-0.1, -0.05) is 115 Å². The predicted molar refractivity (Wildman–Crippen MR) is 145 cm³/mol. The number of nitrogens with zero attached hydrogens (tertiary/aromatic N) is 1. The molecule has 0 unspecified atom stereocenters. The molecule has 0 aliphatic heterocycles. The van der Waals surface area contributed by atoms with Gasteiger partial charge in [0.2, 0.25) is 0 Å². The molecule has 0 bridgehead atoms. The molecule has 0 N–H and O–H groups in total. The smallest absolute Gasteiger partial charge is 0.0702 e. The lowest BCUT2D eigenvalue weighted by Gasteiger charge is -2.29. The van der Waals surface area contributed by atoms with Crippen molar-refractivity contribution in [3.63, 3.8) is 0 Å². The van der Waals surface area contributed by atoms with E-state index in [9.17, 15) is 0 Å². The summed E-state index contributed by atoms with van der Waals surface area (Å²) in [4.78, 5) is 4.78. The first-order valence-corrected chi connectivity index (χ1v) is 14.4. The van der Waals surface area contributed by atoms with E-state index < -0.39 is 0 Å². The molecular formula is C32H49N. The average molecular weight is 448 g/mol. The molecule has 2 aromatic rings. The Hall–Kier alpha value is -1.63. The number of unbranched alkanes of at least 4 members (excludes halogenated alkanes) is 9. The van der Waals surface area contributed by atoms with E-state index in [-0.39, 0.29) is 0 Å². The summed E-state index contributed by atoms with van der Waals surface area (Å²) in [5.74, 6) is 1.75. The zero-order chi connectivity index (χ0) is 23.1. The maximum Gasteiger partial charge on any atom is 0.0702 e. The first-order valence-electron chi connectivity index (χ1n) is 14.4. The minimum Gasteiger partial charge on any atom is -0.256 e. The second-order valence-electron chi connectivity index (χ2n) is 10.6. The van der Waals surface area contributed by atoms with Crippen LogP contribution in [0.4, 0.5) is 0 Å². The van der Waals surface area contributed by atoms with Crippen molar-refractivity contribution in [1.82, 2.24) is 4.98 Å². The lowest BCUT2D eigenvalue weighted by atomic mass is 9.77. The first kappa shape index (κ1) is 26.0. The Morgan fingerprint density at radius 2 is 1.30 bits per heavy atom. The van der Waals surface area contributed by atoms with Gasteiger partial charge in [0.05, 0.1) is 5.69 Å². The van der Waals surface area contributed by atoms with Crippen molar-refractivity contribution in [2.45, 2.75) is 129 Å². The van der Waals surface area contributed by atoms with E-state index in [0.29, 0.717) is 0 Å². The molecule has 1 aliphatic carbocycles. The molecule has 1 heterocycles. The van der Waals surface area contributed by atoms with Crippen LogP contribution >= 0.6 is 0 Å². The molecule has 1 saturated carbocycles. The Bertz CT molecular complexity index is 737. The Kier molecular flexibility index (Phi) is 12.1. The van der Waals surface area contributed by atoms with Gasteiger partial charge in [0.25, 0.3) is 0 Å². The molecule has 0 atom stereocenters. The Morgan fingerprint density at radius 3 is 1.94 bits per heavy atom. The summed E-state index contributed by atoms with van der Waals surface area (Å²) in [5, 5.41) is 0. The lowest BCUT2D eigenvalue weighted by Crippen LogP contribution is -2.13. The van der Waals surface area contributed by atoms with Gasteiger partial charge in [0.15, 0.2) is 0 Å². The van der Waals surface area contributed by atoms with Crippen LogP contribution in [-0.2, 0) is 6.42 Å². The maximum atomic E-state index is 4.78. The molecule has 1 aromatic carbocycles. The average Bonchev–Trinajstić information content (AvgIpc) is 2.87. The van der Waals surface area contributed by atoms with Crippen LogP contribution in [0.1, 0.15) is 134 Å². The van der Waals surface area contributed by atoms with Gasteiger partial charge in [0, 0.05) is 11.8 Å². The highest BCUT2D eigenvalue weighted by Crippen LogP contribution is 2.38. The fourth-order valence-electron chi connectivity index (χ4n) is 5.60. The van der Waals surface area contributed by atoms with Gasteiger partial charge in [-0.15, -0.1) is 0 Å². The molecule has 1 aromatic heterocycles. The second kappa shape index (κ2) is 15.3. The van der Waals surface area contributed by atoms with Gasteiger partial charge in [0.1, 0.15) is 0 Å². The summed E-state index contributed by atoms with van der Waals surface area (Å²) < 4.78 is 0. The second-order valence-corrected chi connectivity index (χ2v) is 10.6. The largest absolute Gasteiger partial charge is 0.256 e. The van der Waals surface area contributed by atoms with Crippen LogP contribution in [0.2, 0.25) is 0 Å². The third-order valence-electron chi connectivity index (χ3n) is 7.88. The van der Waals surface area contributed by atoms with Gasteiger partial charge in [-0.25, -0.2) is 0 Å². The van der Waals surface area contributed by atoms with Crippen molar-refractivity contribution < 1.29 is 0 Å². The summed E-state index contributed by atoms with van der Waals surface area (Å²) in [6.07, 6.45) is 25.6. The molecule has 0 spiro atoms.